The van der Waals surface area contributed by atoms with Gasteiger partial charge in [-0.15, -0.1) is 0 Å². The van der Waals surface area contributed by atoms with Crippen LogP contribution >= 0.6 is 0 Å². The number of rotatable bonds is 3. The van der Waals surface area contributed by atoms with Crippen LogP contribution < -0.4 is 0 Å². The highest BCUT2D eigenvalue weighted by Crippen LogP contribution is 2.29. The molecule has 0 spiro atoms. The van der Waals surface area contributed by atoms with E-state index in [9.17, 15) is 13.5 Å². The standard InChI is InChI=1S/C15H23NO3S/c1-11-6-7-16(9-13(11)3)20(18,19)15-8-14(10-17)5-4-12(15)2/h4-5,8,11,13,17H,6-7,9-10H2,1-3H3. The van der Waals surface area contributed by atoms with E-state index in [0.717, 1.165) is 12.0 Å². The van der Waals surface area contributed by atoms with Gasteiger partial charge in [-0.05, 0) is 42.4 Å². The zero-order valence-corrected chi connectivity index (χ0v) is 13.2. The van der Waals surface area contributed by atoms with Crippen LogP contribution in [0.2, 0.25) is 0 Å². The molecule has 0 radical (unpaired) electrons. The minimum atomic E-state index is -3.46. The third-order valence-electron chi connectivity index (χ3n) is 4.35. The molecule has 20 heavy (non-hydrogen) atoms. The summed E-state index contributed by atoms with van der Waals surface area (Å²) < 4.78 is 27.1. The van der Waals surface area contributed by atoms with E-state index in [2.05, 4.69) is 13.8 Å². The molecule has 1 aliphatic heterocycles. The van der Waals surface area contributed by atoms with Crippen molar-refractivity contribution in [3.05, 3.63) is 29.3 Å². The van der Waals surface area contributed by atoms with Crippen molar-refractivity contribution < 1.29 is 13.5 Å². The molecule has 1 aromatic carbocycles. The lowest BCUT2D eigenvalue weighted by molar-refractivity contribution is 0.212. The number of hydrogen-bond acceptors (Lipinski definition) is 3. The first kappa shape index (κ1) is 15.5. The first-order chi connectivity index (χ1) is 9.36. The van der Waals surface area contributed by atoms with Gasteiger partial charge < -0.3 is 5.11 Å². The van der Waals surface area contributed by atoms with Crippen molar-refractivity contribution in [2.45, 2.75) is 38.7 Å². The van der Waals surface area contributed by atoms with Gasteiger partial charge in [0.25, 0.3) is 0 Å². The number of benzene rings is 1. The maximum absolute atomic E-state index is 12.8. The predicted octanol–water partition coefficient (Wildman–Crippen LogP) is 2.15. The number of piperidine rings is 1. The lowest BCUT2D eigenvalue weighted by Gasteiger charge is -2.34. The molecule has 0 aromatic heterocycles. The summed E-state index contributed by atoms with van der Waals surface area (Å²) in [5, 5.41) is 9.20. The fourth-order valence-corrected chi connectivity index (χ4v) is 4.43. The zero-order chi connectivity index (χ0) is 14.9. The largest absolute Gasteiger partial charge is 0.392 e. The van der Waals surface area contributed by atoms with Gasteiger partial charge in [0.15, 0.2) is 0 Å². The van der Waals surface area contributed by atoms with Crippen LogP contribution in [0.4, 0.5) is 0 Å². The highest BCUT2D eigenvalue weighted by molar-refractivity contribution is 7.89. The molecule has 0 amide bonds. The molecule has 1 fully saturated rings. The molecule has 2 atom stereocenters. The van der Waals surface area contributed by atoms with Crippen molar-refractivity contribution in [3.8, 4) is 0 Å². The Morgan fingerprint density at radius 1 is 1.30 bits per heavy atom. The molecule has 2 unspecified atom stereocenters. The first-order valence-corrected chi connectivity index (χ1v) is 8.50. The maximum atomic E-state index is 12.8. The highest BCUT2D eigenvalue weighted by atomic mass is 32.2. The summed E-state index contributed by atoms with van der Waals surface area (Å²) in [7, 11) is -3.46. The number of aryl methyl sites for hydroxylation is 1. The molecule has 1 aliphatic rings. The Kier molecular flexibility index (Phi) is 4.52. The summed E-state index contributed by atoms with van der Waals surface area (Å²) in [5.41, 5.74) is 1.36. The average Bonchev–Trinajstić information content (AvgIpc) is 2.42. The van der Waals surface area contributed by atoms with Gasteiger partial charge in [-0.1, -0.05) is 26.0 Å². The van der Waals surface area contributed by atoms with Crippen molar-refractivity contribution >= 4 is 10.0 Å². The highest BCUT2D eigenvalue weighted by Gasteiger charge is 2.32. The van der Waals surface area contributed by atoms with Gasteiger partial charge in [0.05, 0.1) is 11.5 Å². The number of nitrogens with zero attached hydrogens (tertiary/aromatic N) is 1. The number of sulfonamides is 1. The van der Waals surface area contributed by atoms with Crippen molar-refractivity contribution in [1.29, 1.82) is 0 Å². The van der Waals surface area contributed by atoms with Crippen molar-refractivity contribution in [2.24, 2.45) is 11.8 Å². The smallest absolute Gasteiger partial charge is 0.243 e. The second-order valence-corrected chi connectivity index (χ2v) is 7.77. The molecule has 2 rings (SSSR count). The third-order valence-corrected chi connectivity index (χ3v) is 6.36. The quantitative estimate of drug-likeness (QED) is 0.930. The predicted molar refractivity (Wildman–Crippen MR) is 78.8 cm³/mol. The summed E-state index contributed by atoms with van der Waals surface area (Å²) in [6, 6.07) is 5.11. The summed E-state index contributed by atoms with van der Waals surface area (Å²) >= 11 is 0. The molecule has 5 heteroatoms. The second-order valence-electron chi connectivity index (χ2n) is 5.86. The van der Waals surface area contributed by atoms with Crippen LogP contribution in [0, 0.1) is 18.8 Å². The lowest BCUT2D eigenvalue weighted by atomic mass is 9.90. The molecule has 1 aromatic rings. The van der Waals surface area contributed by atoms with E-state index >= 15 is 0 Å². The van der Waals surface area contributed by atoms with E-state index in [0.29, 0.717) is 35.4 Å². The Bertz CT molecular complexity index is 583. The minimum absolute atomic E-state index is 0.143. The summed E-state index contributed by atoms with van der Waals surface area (Å²) in [6.45, 7) is 7.08. The Labute approximate surface area is 121 Å². The van der Waals surface area contributed by atoms with Crippen molar-refractivity contribution in [3.63, 3.8) is 0 Å². The van der Waals surface area contributed by atoms with E-state index in [1.807, 2.05) is 0 Å². The van der Waals surface area contributed by atoms with Gasteiger partial charge in [-0.3, -0.25) is 0 Å². The molecule has 0 aliphatic carbocycles. The SMILES string of the molecule is Cc1ccc(CO)cc1S(=O)(=O)N1CCC(C)C(C)C1. The van der Waals surface area contributed by atoms with Gasteiger partial charge in [-0.2, -0.15) is 4.31 Å². The van der Waals surface area contributed by atoms with Gasteiger partial charge in [0, 0.05) is 13.1 Å². The maximum Gasteiger partial charge on any atom is 0.243 e. The van der Waals surface area contributed by atoms with E-state index < -0.39 is 10.0 Å². The molecule has 4 nitrogen and oxygen atoms in total. The van der Waals surface area contributed by atoms with E-state index in [-0.39, 0.29) is 6.61 Å². The van der Waals surface area contributed by atoms with Gasteiger partial charge in [0.1, 0.15) is 0 Å². The minimum Gasteiger partial charge on any atom is -0.392 e. The number of hydrogen-bond donors (Lipinski definition) is 1. The van der Waals surface area contributed by atoms with Gasteiger partial charge in [-0.25, -0.2) is 8.42 Å². The molecule has 112 valence electrons. The van der Waals surface area contributed by atoms with Crippen LogP contribution in [0.1, 0.15) is 31.4 Å². The Morgan fingerprint density at radius 3 is 2.60 bits per heavy atom. The van der Waals surface area contributed by atoms with Gasteiger partial charge >= 0.3 is 0 Å². The van der Waals surface area contributed by atoms with Crippen LogP contribution in [0.3, 0.4) is 0 Å². The Hall–Kier alpha value is -0.910. The second kappa shape index (κ2) is 5.84. The first-order valence-electron chi connectivity index (χ1n) is 7.06. The molecule has 1 saturated heterocycles. The number of aliphatic hydroxyl groups is 1. The monoisotopic (exact) mass is 297 g/mol. The van der Waals surface area contributed by atoms with Crippen LogP contribution in [0.25, 0.3) is 0 Å². The zero-order valence-electron chi connectivity index (χ0n) is 12.3. The fraction of sp³-hybridized carbons (Fsp3) is 0.600. The molecule has 0 saturated carbocycles. The third kappa shape index (κ3) is 2.90. The normalized spacial score (nSPS) is 24.8. The average molecular weight is 297 g/mol. The fourth-order valence-electron chi connectivity index (χ4n) is 2.60. The van der Waals surface area contributed by atoms with E-state index in [1.165, 1.54) is 0 Å². The molecule has 1 N–H and O–H groups in total. The van der Waals surface area contributed by atoms with Gasteiger partial charge in [0.2, 0.25) is 10.0 Å². The van der Waals surface area contributed by atoms with E-state index in [4.69, 9.17) is 0 Å². The summed E-state index contributed by atoms with van der Waals surface area (Å²) in [6.07, 6.45) is 0.902. The molecular formula is C15H23NO3S. The van der Waals surface area contributed by atoms with Crippen LogP contribution in [0.5, 0.6) is 0 Å². The molecular weight excluding hydrogens is 274 g/mol. The lowest BCUT2D eigenvalue weighted by Crippen LogP contribution is -2.42. The topological polar surface area (TPSA) is 57.6 Å². The number of aliphatic hydroxyl groups excluding tert-OH is 1. The Balaban J connectivity index is 2.35. The van der Waals surface area contributed by atoms with Crippen LogP contribution in [0.15, 0.2) is 23.1 Å². The van der Waals surface area contributed by atoms with Crippen molar-refractivity contribution in [2.75, 3.05) is 13.1 Å². The molecule has 1 heterocycles. The van der Waals surface area contributed by atoms with Crippen LogP contribution in [-0.2, 0) is 16.6 Å². The van der Waals surface area contributed by atoms with Crippen molar-refractivity contribution in [1.82, 2.24) is 4.31 Å². The van der Waals surface area contributed by atoms with Crippen LogP contribution in [-0.4, -0.2) is 30.9 Å². The molecule has 0 bridgehead atoms. The summed E-state index contributed by atoms with van der Waals surface area (Å²) in [4.78, 5) is 0.325. The Morgan fingerprint density at radius 2 is 2.00 bits per heavy atom. The summed E-state index contributed by atoms with van der Waals surface area (Å²) in [5.74, 6) is 0.936. The van der Waals surface area contributed by atoms with E-state index in [1.54, 1.807) is 29.4 Å².